The van der Waals surface area contributed by atoms with Crippen molar-refractivity contribution >= 4 is 16.7 Å². The van der Waals surface area contributed by atoms with Crippen molar-refractivity contribution in [3.05, 3.63) is 35.4 Å². The molecule has 0 saturated carbocycles. The zero-order chi connectivity index (χ0) is 10.7. The first-order valence-electron chi connectivity index (χ1n) is 4.69. The van der Waals surface area contributed by atoms with E-state index in [-0.39, 0.29) is 0 Å². The summed E-state index contributed by atoms with van der Waals surface area (Å²) in [7, 11) is 0. The largest absolute Gasteiger partial charge is 0.356 e. The maximum atomic E-state index is 4.24. The number of nitrogens with zero attached hydrogens (tertiary/aromatic N) is 3. The van der Waals surface area contributed by atoms with Gasteiger partial charge in [0.2, 0.25) is 5.13 Å². The zero-order valence-corrected chi connectivity index (χ0v) is 9.51. The van der Waals surface area contributed by atoms with E-state index in [4.69, 9.17) is 0 Å². The van der Waals surface area contributed by atoms with Gasteiger partial charge < -0.3 is 5.32 Å². The van der Waals surface area contributed by atoms with Gasteiger partial charge in [0.15, 0.2) is 0 Å². The van der Waals surface area contributed by atoms with Crippen molar-refractivity contribution < 1.29 is 0 Å². The van der Waals surface area contributed by atoms with Gasteiger partial charge in [0.05, 0.1) is 0 Å². The van der Waals surface area contributed by atoms with E-state index < -0.39 is 0 Å². The number of aryl methyl sites for hydroxylation is 2. The van der Waals surface area contributed by atoms with Crippen LogP contribution in [-0.4, -0.2) is 14.3 Å². The van der Waals surface area contributed by atoms with Gasteiger partial charge in [0.25, 0.3) is 0 Å². The van der Waals surface area contributed by atoms with Crippen LogP contribution in [0.2, 0.25) is 0 Å². The number of pyridine rings is 1. The van der Waals surface area contributed by atoms with E-state index in [1.807, 2.05) is 19.2 Å². The second-order valence-electron chi connectivity index (χ2n) is 3.30. The Balaban J connectivity index is 2.02. The SMILES string of the molecule is Cc1nsc(NCc2ccncc2C)n1. The molecule has 4 nitrogen and oxygen atoms in total. The summed E-state index contributed by atoms with van der Waals surface area (Å²) in [5.74, 6) is 0.814. The standard InChI is InChI=1S/C10H12N4S/c1-7-5-11-4-3-9(7)6-12-10-13-8(2)14-15-10/h3-5H,6H2,1-2H3,(H,12,13,14). The molecule has 2 aromatic heterocycles. The molecule has 0 aliphatic rings. The monoisotopic (exact) mass is 220 g/mol. The molecule has 0 bridgehead atoms. The number of hydrogen-bond acceptors (Lipinski definition) is 5. The fourth-order valence-electron chi connectivity index (χ4n) is 1.24. The van der Waals surface area contributed by atoms with Crippen LogP contribution in [0.15, 0.2) is 18.5 Å². The summed E-state index contributed by atoms with van der Waals surface area (Å²) in [6.07, 6.45) is 3.66. The van der Waals surface area contributed by atoms with Crippen LogP contribution in [0.4, 0.5) is 5.13 Å². The van der Waals surface area contributed by atoms with E-state index in [0.717, 1.165) is 17.5 Å². The average Bonchev–Trinajstić information content (AvgIpc) is 2.63. The van der Waals surface area contributed by atoms with Crippen molar-refractivity contribution in [3.8, 4) is 0 Å². The van der Waals surface area contributed by atoms with Gasteiger partial charge in [0, 0.05) is 30.5 Å². The van der Waals surface area contributed by atoms with Gasteiger partial charge >= 0.3 is 0 Å². The number of rotatable bonds is 3. The van der Waals surface area contributed by atoms with Crippen LogP contribution in [0.1, 0.15) is 17.0 Å². The molecule has 0 atom stereocenters. The second-order valence-corrected chi connectivity index (χ2v) is 4.05. The maximum Gasteiger partial charge on any atom is 0.202 e. The van der Waals surface area contributed by atoms with Gasteiger partial charge in [-0.2, -0.15) is 4.37 Å². The molecule has 0 fully saturated rings. The first-order chi connectivity index (χ1) is 7.25. The summed E-state index contributed by atoms with van der Waals surface area (Å²) < 4.78 is 4.11. The third kappa shape index (κ3) is 2.50. The van der Waals surface area contributed by atoms with Crippen LogP contribution in [0.5, 0.6) is 0 Å². The van der Waals surface area contributed by atoms with Crippen molar-refractivity contribution in [2.75, 3.05) is 5.32 Å². The van der Waals surface area contributed by atoms with Gasteiger partial charge in [0.1, 0.15) is 5.82 Å². The highest BCUT2D eigenvalue weighted by atomic mass is 32.1. The highest BCUT2D eigenvalue weighted by Gasteiger charge is 2.01. The smallest absolute Gasteiger partial charge is 0.202 e. The molecule has 0 saturated heterocycles. The average molecular weight is 220 g/mol. The summed E-state index contributed by atoms with van der Waals surface area (Å²) in [6.45, 7) is 4.71. The third-order valence-corrected chi connectivity index (χ3v) is 2.86. The predicted octanol–water partition coefficient (Wildman–Crippen LogP) is 2.16. The van der Waals surface area contributed by atoms with Gasteiger partial charge in [-0.25, -0.2) is 4.98 Å². The summed E-state index contributed by atoms with van der Waals surface area (Å²) in [6, 6.07) is 2.01. The Labute approximate surface area is 92.6 Å². The van der Waals surface area contributed by atoms with E-state index in [1.54, 1.807) is 6.20 Å². The molecule has 1 N–H and O–H groups in total. The molecule has 0 radical (unpaired) electrons. The lowest BCUT2D eigenvalue weighted by Crippen LogP contribution is -2.01. The lowest BCUT2D eigenvalue weighted by molar-refractivity contribution is 1.07. The highest BCUT2D eigenvalue weighted by molar-refractivity contribution is 7.09. The molecule has 0 unspecified atom stereocenters. The van der Waals surface area contributed by atoms with E-state index in [1.165, 1.54) is 22.7 Å². The van der Waals surface area contributed by atoms with Crippen molar-refractivity contribution in [3.63, 3.8) is 0 Å². The van der Waals surface area contributed by atoms with Crippen molar-refractivity contribution in [2.45, 2.75) is 20.4 Å². The minimum absolute atomic E-state index is 0.767. The van der Waals surface area contributed by atoms with Crippen LogP contribution < -0.4 is 5.32 Å². The molecule has 5 heteroatoms. The molecule has 0 spiro atoms. The van der Waals surface area contributed by atoms with Crippen LogP contribution in [0, 0.1) is 13.8 Å². The van der Waals surface area contributed by atoms with Crippen molar-refractivity contribution in [1.29, 1.82) is 0 Å². The topological polar surface area (TPSA) is 50.7 Å². The van der Waals surface area contributed by atoms with Crippen LogP contribution >= 0.6 is 11.5 Å². The Morgan fingerprint density at radius 3 is 2.93 bits per heavy atom. The molecule has 2 rings (SSSR count). The number of anilines is 1. The first-order valence-corrected chi connectivity index (χ1v) is 5.47. The fraction of sp³-hybridized carbons (Fsp3) is 0.300. The molecule has 0 amide bonds. The first kappa shape index (κ1) is 10.0. The van der Waals surface area contributed by atoms with Gasteiger partial charge in [-0.3, -0.25) is 4.98 Å². The van der Waals surface area contributed by atoms with E-state index >= 15 is 0 Å². The normalized spacial score (nSPS) is 10.3. The Kier molecular flexibility index (Phi) is 2.91. The summed E-state index contributed by atoms with van der Waals surface area (Å²) in [5, 5.41) is 4.10. The number of nitrogens with one attached hydrogen (secondary N) is 1. The minimum Gasteiger partial charge on any atom is -0.356 e. The molecule has 78 valence electrons. The van der Waals surface area contributed by atoms with Crippen molar-refractivity contribution in [2.24, 2.45) is 0 Å². The van der Waals surface area contributed by atoms with E-state index in [0.29, 0.717) is 0 Å². The van der Waals surface area contributed by atoms with Gasteiger partial charge in [-0.1, -0.05) is 0 Å². The predicted molar refractivity (Wildman–Crippen MR) is 60.9 cm³/mol. The summed E-state index contributed by atoms with van der Waals surface area (Å²) >= 11 is 1.39. The molecule has 2 heterocycles. The Bertz CT molecular complexity index is 452. The lowest BCUT2D eigenvalue weighted by Gasteiger charge is -2.04. The molecule has 0 aromatic carbocycles. The van der Waals surface area contributed by atoms with E-state index in [9.17, 15) is 0 Å². The fourth-order valence-corrected chi connectivity index (χ4v) is 1.81. The molecule has 15 heavy (non-hydrogen) atoms. The van der Waals surface area contributed by atoms with Crippen molar-refractivity contribution in [1.82, 2.24) is 14.3 Å². The molecular weight excluding hydrogens is 208 g/mol. The molecule has 0 aliphatic carbocycles. The Morgan fingerprint density at radius 2 is 2.27 bits per heavy atom. The molecule has 2 aromatic rings. The quantitative estimate of drug-likeness (QED) is 0.861. The van der Waals surface area contributed by atoms with Crippen LogP contribution in [0.3, 0.4) is 0 Å². The molecule has 0 aliphatic heterocycles. The van der Waals surface area contributed by atoms with E-state index in [2.05, 4.69) is 26.6 Å². The Hall–Kier alpha value is -1.49. The minimum atomic E-state index is 0.767. The summed E-state index contributed by atoms with van der Waals surface area (Å²) in [4.78, 5) is 8.29. The van der Waals surface area contributed by atoms with Gasteiger partial charge in [-0.15, -0.1) is 0 Å². The van der Waals surface area contributed by atoms with Gasteiger partial charge in [-0.05, 0) is 31.0 Å². The summed E-state index contributed by atoms with van der Waals surface area (Å²) in [5.41, 5.74) is 2.42. The zero-order valence-electron chi connectivity index (χ0n) is 8.69. The molecular formula is C10H12N4S. The number of aromatic nitrogens is 3. The second kappa shape index (κ2) is 4.35. The lowest BCUT2D eigenvalue weighted by atomic mass is 10.2. The number of hydrogen-bond donors (Lipinski definition) is 1. The third-order valence-electron chi connectivity index (χ3n) is 2.09. The van der Waals surface area contributed by atoms with Crippen LogP contribution in [0.25, 0.3) is 0 Å². The Morgan fingerprint density at radius 1 is 1.40 bits per heavy atom. The highest BCUT2D eigenvalue weighted by Crippen LogP contribution is 2.13. The van der Waals surface area contributed by atoms with Crippen LogP contribution in [-0.2, 0) is 6.54 Å². The maximum absolute atomic E-state index is 4.24.